The molecule has 2 saturated heterocycles. The first kappa shape index (κ1) is 19.6. The van der Waals surface area contributed by atoms with Gasteiger partial charge in [0.25, 0.3) is 0 Å². The molecule has 148 valence electrons. The quantitative estimate of drug-likeness (QED) is 0.819. The van der Waals surface area contributed by atoms with Gasteiger partial charge in [0.2, 0.25) is 11.8 Å². The number of nitrogens with one attached hydrogen (secondary N) is 1. The van der Waals surface area contributed by atoms with Gasteiger partial charge in [-0.15, -0.1) is 0 Å². The molecule has 1 aromatic rings. The summed E-state index contributed by atoms with van der Waals surface area (Å²) in [6.45, 7) is 3.48. The Morgan fingerprint density at radius 1 is 1.19 bits per heavy atom. The molecule has 1 atom stereocenters. The van der Waals surface area contributed by atoms with E-state index in [1.165, 1.54) is 13.2 Å². The predicted molar refractivity (Wildman–Crippen MR) is 101 cm³/mol. The molecular weight excluding hydrogens is 349 g/mol. The van der Waals surface area contributed by atoms with Crippen molar-refractivity contribution in [3.05, 3.63) is 30.1 Å². The number of ether oxygens (including phenoxy) is 1. The van der Waals surface area contributed by atoms with E-state index >= 15 is 0 Å². The summed E-state index contributed by atoms with van der Waals surface area (Å²) >= 11 is 0. The van der Waals surface area contributed by atoms with Crippen LogP contribution in [0.2, 0.25) is 0 Å². The summed E-state index contributed by atoms with van der Waals surface area (Å²) in [4.78, 5) is 28.1. The largest absolute Gasteiger partial charge is 0.375 e. The molecule has 1 aromatic carbocycles. The number of anilines is 1. The number of nitrogens with zero attached hydrogens (tertiary/aromatic N) is 2. The van der Waals surface area contributed by atoms with E-state index in [2.05, 4.69) is 5.32 Å². The number of carbonyl (C=O) groups excluding carboxylic acids is 2. The van der Waals surface area contributed by atoms with Gasteiger partial charge in [-0.2, -0.15) is 0 Å². The Balaban J connectivity index is 1.40. The van der Waals surface area contributed by atoms with E-state index in [9.17, 15) is 14.0 Å². The number of likely N-dealkylation sites (tertiary alicyclic amines) is 1. The topological polar surface area (TPSA) is 61.9 Å². The van der Waals surface area contributed by atoms with E-state index in [0.717, 1.165) is 19.5 Å². The molecule has 0 unspecified atom stereocenters. The molecule has 3 rings (SSSR count). The van der Waals surface area contributed by atoms with E-state index in [4.69, 9.17) is 4.74 Å². The van der Waals surface area contributed by atoms with Crippen LogP contribution in [0.15, 0.2) is 24.3 Å². The third kappa shape index (κ3) is 4.97. The van der Waals surface area contributed by atoms with Gasteiger partial charge in [0, 0.05) is 45.8 Å². The number of methoxy groups -OCH3 is 1. The van der Waals surface area contributed by atoms with E-state index in [0.29, 0.717) is 44.1 Å². The minimum Gasteiger partial charge on any atom is -0.375 e. The van der Waals surface area contributed by atoms with E-state index < -0.39 is 0 Å². The summed E-state index contributed by atoms with van der Waals surface area (Å²) in [6.07, 6.45) is 2.32. The summed E-state index contributed by atoms with van der Waals surface area (Å²) in [5.41, 5.74) is 0.638. The van der Waals surface area contributed by atoms with Crippen LogP contribution in [-0.2, 0) is 14.3 Å². The van der Waals surface area contributed by atoms with Crippen LogP contribution >= 0.6 is 0 Å². The van der Waals surface area contributed by atoms with E-state index in [-0.39, 0.29) is 30.2 Å². The predicted octanol–water partition coefficient (Wildman–Crippen LogP) is 1.65. The number of para-hydroxylation sites is 1. The van der Waals surface area contributed by atoms with Crippen LogP contribution in [0.1, 0.15) is 19.3 Å². The second-order valence-electron chi connectivity index (χ2n) is 7.39. The lowest BCUT2D eigenvalue weighted by Crippen LogP contribution is -2.44. The SMILES string of the molecule is COCC(=O)N1CCC(C(=O)NC[C@H]2CCN(c3ccccc3F)C2)CC1. The number of rotatable bonds is 6. The number of piperidine rings is 1. The molecule has 0 saturated carbocycles. The molecular formula is C20H28FN3O3. The number of halogens is 1. The van der Waals surface area contributed by atoms with Crippen molar-refractivity contribution in [3.8, 4) is 0 Å². The highest BCUT2D eigenvalue weighted by Gasteiger charge is 2.29. The van der Waals surface area contributed by atoms with Crippen molar-refractivity contribution in [3.63, 3.8) is 0 Å². The molecule has 0 spiro atoms. The average molecular weight is 377 g/mol. The van der Waals surface area contributed by atoms with Crippen molar-refractivity contribution in [2.24, 2.45) is 11.8 Å². The molecule has 1 N–H and O–H groups in total. The van der Waals surface area contributed by atoms with Gasteiger partial charge < -0.3 is 19.9 Å². The smallest absolute Gasteiger partial charge is 0.248 e. The first-order valence-corrected chi connectivity index (χ1v) is 9.62. The summed E-state index contributed by atoms with van der Waals surface area (Å²) in [5.74, 6) is 0.142. The molecule has 7 heteroatoms. The molecule has 0 aromatic heterocycles. The highest BCUT2D eigenvalue weighted by Crippen LogP contribution is 2.26. The minimum atomic E-state index is -0.197. The normalized spacial score (nSPS) is 20.7. The Bertz CT molecular complexity index is 662. The molecule has 2 fully saturated rings. The van der Waals surface area contributed by atoms with Crippen LogP contribution in [0.25, 0.3) is 0 Å². The standard InChI is InChI=1S/C20H28FN3O3/c1-27-14-19(25)23-10-7-16(8-11-23)20(26)22-12-15-6-9-24(13-15)18-5-3-2-4-17(18)21/h2-5,15-16H,6-14H2,1H3,(H,22,26)/t15-/m1/s1. The van der Waals surface area contributed by atoms with Crippen LogP contribution in [0.3, 0.4) is 0 Å². The third-order valence-corrected chi connectivity index (χ3v) is 5.53. The summed E-state index contributed by atoms with van der Waals surface area (Å²) in [5, 5.41) is 3.06. The highest BCUT2D eigenvalue weighted by atomic mass is 19.1. The maximum absolute atomic E-state index is 13.9. The maximum Gasteiger partial charge on any atom is 0.248 e. The fourth-order valence-corrected chi connectivity index (χ4v) is 3.92. The van der Waals surface area contributed by atoms with Crippen LogP contribution in [0.5, 0.6) is 0 Å². The molecule has 2 aliphatic rings. The zero-order valence-corrected chi connectivity index (χ0v) is 15.8. The Labute approximate surface area is 159 Å². The zero-order valence-electron chi connectivity index (χ0n) is 15.8. The van der Waals surface area contributed by atoms with Gasteiger partial charge in [-0.25, -0.2) is 4.39 Å². The van der Waals surface area contributed by atoms with E-state index in [1.807, 2.05) is 11.0 Å². The van der Waals surface area contributed by atoms with E-state index in [1.54, 1.807) is 17.0 Å². The Morgan fingerprint density at radius 3 is 2.63 bits per heavy atom. The van der Waals surface area contributed by atoms with Gasteiger partial charge in [0.05, 0.1) is 5.69 Å². The van der Waals surface area contributed by atoms with Gasteiger partial charge in [-0.05, 0) is 37.3 Å². The van der Waals surface area contributed by atoms with Gasteiger partial charge in [0.1, 0.15) is 12.4 Å². The first-order chi connectivity index (χ1) is 13.1. The van der Waals surface area contributed by atoms with Crippen LogP contribution < -0.4 is 10.2 Å². The monoisotopic (exact) mass is 377 g/mol. The molecule has 6 nitrogen and oxygen atoms in total. The fraction of sp³-hybridized carbons (Fsp3) is 0.600. The lowest BCUT2D eigenvalue weighted by atomic mass is 9.95. The van der Waals surface area contributed by atoms with Crippen molar-refractivity contribution >= 4 is 17.5 Å². The van der Waals surface area contributed by atoms with Crippen molar-refractivity contribution in [2.75, 3.05) is 51.3 Å². The Morgan fingerprint density at radius 2 is 1.93 bits per heavy atom. The van der Waals surface area contributed by atoms with Crippen molar-refractivity contribution < 1.29 is 18.7 Å². The van der Waals surface area contributed by atoms with Crippen molar-refractivity contribution in [1.82, 2.24) is 10.2 Å². The number of hydrogen-bond acceptors (Lipinski definition) is 4. The minimum absolute atomic E-state index is 0.0180. The zero-order chi connectivity index (χ0) is 19.2. The molecule has 0 bridgehead atoms. The van der Waals surface area contributed by atoms with Crippen molar-refractivity contribution in [1.29, 1.82) is 0 Å². The Hall–Kier alpha value is -2.15. The molecule has 27 heavy (non-hydrogen) atoms. The number of carbonyl (C=O) groups is 2. The number of amides is 2. The second-order valence-corrected chi connectivity index (χ2v) is 7.39. The molecule has 0 radical (unpaired) electrons. The second kappa shape index (κ2) is 9.17. The maximum atomic E-state index is 13.9. The summed E-state index contributed by atoms with van der Waals surface area (Å²) in [6, 6.07) is 6.82. The lowest BCUT2D eigenvalue weighted by Gasteiger charge is -2.31. The van der Waals surface area contributed by atoms with Crippen LogP contribution in [0, 0.1) is 17.7 Å². The average Bonchev–Trinajstić information content (AvgIpc) is 3.15. The fourth-order valence-electron chi connectivity index (χ4n) is 3.92. The Kier molecular flexibility index (Phi) is 6.66. The van der Waals surface area contributed by atoms with Gasteiger partial charge in [0.15, 0.2) is 0 Å². The number of benzene rings is 1. The van der Waals surface area contributed by atoms with Gasteiger partial charge in [-0.1, -0.05) is 12.1 Å². The molecule has 2 heterocycles. The van der Waals surface area contributed by atoms with Crippen molar-refractivity contribution in [2.45, 2.75) is 19.3 Å². The highest BCUT2D eigenvalue weighted by molar-refractivity contribution is 5.80. The lowest BCUT2D eigenvalue weighted by molar-refractivity contribution is -0.138. The molecule has 0 aliphatic carbocycles. The van der Waals surface area contributed by atoms with Crippen LogP contribution in [-0.4, -0.2) is 63.2 Å². The van der Waals surface area contributed by atoms with Gasteiger partial charge >= 0.3 is 0 Å². The number of hydrogen-bond donors (Lipinski definition) is 1. The third-order valence-electron chi connectivity index (χ3n) is 5.53. The summed E-state index contributed by atoms with van der Waals surface area (Å²) < 4.78 is 18.8. The molecule has 2 aliphatic heterocycles. The summed E-state index contributed by atoms with van der Waals surface area (Å²) in [7, 11) is 1.51. The van der Waals surface area contributed by atoms with Gasteiger partial charge in [-0.3, -0.25) is 9.59 Å². The first-order valence-electron chi connectivity index (χ1n) is 9.62. The van der Waals surface area contributed by atoms with Crippen LogP contribution in [0.4, 0.5) is 10.1 Å². The molecule has 2 amide bonds.